The zero-order valence-electron chi connectivity index (χ0n) is 7.50. The van der Waals surface area contributed by atoms with Gasteiger partial charge in [-0.3, -0.25) is 9.78 Å². The number of Topliss-reactive ketones (excluding diaryl/α,β-unsaturated/α-hetero) is 1. The molecule has 0 bridgehead atoms. The van der Waals surface area contributed by atoms with Gasteiger partial charge in [-0.25, -0.2) is 0 Å². The first-order valence-electron chi connectivity index (χ1n) is 3.81. The first kappa shape index (κ1) is 10.2. The third-order valence-electron chi connectivity index (χ3n) is 1.54. The summed E-state index contributed by atoms with van der Waals surface area (Å²) in [7, 11) is 1.58. The van der Waals surface area contributed by atoms with Gasteiger partial charge in [0, 0.05) is 10.9 Å². The van der Waals surface area contributed by atoms with E-state index < -0.39 is 0 Å². The molecule has 4 heteroatoms. The molecule has 13 heavy (non-hydrogen) atoms. The molecule has 70 valence electrons. The smallest absolute Gasteiger partial charge is 0.138 e. The Bertz CT molecular complexity index is 325. The van der Waals surface area contributed by atoms with Crippen molar-refractivity contribution in [1.29, 1.82) is 0 Å². The molecular weight excluding hydrogens is 234 g/mol. The van der Waals surface area contributed by atoms with Crippen LogP contribution in [0.25, 0.3) is 0 Å². The Labute approximate surface area is 85.3 Å². The molecule has 1 aromatic rings. The highest BCUT2D eigenvalue weighted by atomic mass is 79.9. The lowest BCUT2D eigenvalue weighted by molar-refractivity contribution is -0.116. The molecule has 0 fully saturated rings. The second-order valence-corrected chi connectivity index (χ2v) is 3.54. The van der Waals surface area contributed by atoms with Crippen LogP contribution in [0.1, 0.15) is 12.6 Å². The number of nitrogens with zero attached hydrogens (tertiary/aromatic N) is 1. The average Bonchev–Trinajstić information content (AvgIpc) is 2.08. The zero-order chi connectivity index (χ0) is 9.84. The summed E-state index contributed by atoms with van der Waals surface area (Å²) in [4.78, 5) is 14.9. The lowest BCUT2D eigenvalue weighted by atomic mass is 10.2. The zero-order valence-corrected chi connectivity index (χ0v) is 9.09. The molecular formula is C9H10BrNO2. The predicted octanol–water partition coefficient (Wildman–Crippen LogP) is 1.98. The number of aromatic nitrogens is 1. The summed E-state index contributed by atoms with van der Waals surface area (Å²) in [5.41, 5.74) is 0.744. The lowest BCUT2D eigenvalue weighted by Crippen LogP contribution is -2.00. The van der Waals surface area contributed by atoms with Crippen LogP contribution >= 0.6 is 15.9 Å². The van der Waals surface area contributed by atoms with Gasteiger partial charge in [0.1, 0.15) is 11.5 Å². The van der Waals surface area contributed by atoms with Crippen LogP contribution < -0.4 is 4.74 Å². The number of carbonyl (C=O) groups is 1. The Morgan fingerprint density at radius 2 is 2.38 bits per heavy atom. The van der Waals surface area contributed by atoms with E-state index in [0.717, 1.165) is 10.2 Å². The first-order valence-corrected chi connectivity index (χ1v) is 4.60. The van der Waals surface area contributed by atoms with Crippen molar-refractivity contribution in [2.45, 2.75) is 13.3 Å². The average molecular weight is 244 g/mol. The molecule has 0 atom stereocenters. The normalized spacial score (nSPS) is 9.77. The van der Waals surface area contributed by atoms with Crippen LogP contribution in [0, 0.1) is 0 Å². The van der Waals surface area contributed by atoms with Gasteiger partial charge in [-0.15, -0.1) is 0 Å². The van der Waals surface area contributed by atoms with Gasteiger partial charge in [-0.1, -0.05) is 0 Å². The Hall–Kier alpha value is -0.900. The molecule has 0 unspecified atom stereocenters. The van der Waals surface area contributed by atoms with Gasteiger partial charge in [-0.2, -0.15) is 0 Å². The summed E-state index contributed by atoms with van der Waals surface area (Å²) in [5.74, 6) is 0.776. The summed E-state index contributed by atoms with van der Waals surface area (Å²) in [6, 6.07) is 1.80. The van der Waals surface area contributed by atoms with Crippen molar-refractivity contribution >= 4 is 21.7 Å². The lowest BCUT2D eigenvalue weighted by Gasteiger charge is -2.03. The van der Waals surface area contributed by atoms with Crippen LogP contribution in [-0.4, -0.2) is 17.9 Å². The molecule has 1 rings (SSSR count). The summed E-state index contributed by atoms with van der Waals surface area (Å²) >= 11 is 3.32. The van der Waals surface area contributed by atoms with Gasteiger partial charge in [0.05, 0.1) is 19.0 Å². The number of ketones is 1. The highest BCUT2D eigenvalue weighted by Gasteiger charge is 2.05. The molecule has 3 nitrogen and oxygen atoms in total. The number of carbonyl (C=O) groups excluding carboxylic acids is 1. The number of rotatable bonds is 3. The second kappa shape index (κ2) is 4.37. The fourth-order valence-electron chi connectivity index (χ4n) is 0.926. The predicted molar refractivity (Wildman–Crippen MR) is 52.9 cm³/mol. The van der Waals surface area contributed by atoms with E-state index >= 15 is 0 Å². The van der Waals surface area contributed by atoms with Crippen molar-refractivity contribution in [2.24, 2.45) is 0 Å². The van der Waals surface area contributed by atoms with Gasteiger partial charge in [-0.05, 0) is 28.9 Å². The quantitative estimate of drug-likeness (QED) is 0.816. The molecule has 0 N–H and O–H groups in total. The Morgan fingerprint density at radius 1 is 1.69 bits per heavy atom. The Kier molecular flexibility index (Phi) is 3.42. The van der Waals surface area contributed by atoms with E-state index in [9.17, 15) is 4.79 Å². The maximum Gasteiger partial charge on any atom is 0.138 e. The minimum absolute atomic E-state index is 0.0957. The van der Waals surface area contributed by atoms with Crippen LogP contribution in [0.15, 0.2) is 16.7 Å². The molecule has 1 heterocycles. The van der Waals surface area contributed by atoms with Gasteiger partial charge in [0.15, 0.2) is 0 Å². The molecule has 0 saturated carbocycles. The van der Waals surface area contributed by atoms with E-state index in [2.05, 4.69) is 20.9 Å². The Morgan fingerprint density at radius 3 is 2.85 bits per heavy atom. The van der Waals surface area contributed by atoms with E-state index in [4.69, 9.17) is 4.74 Å². The van der Waals surface area contributed by atoms with Crippen molar-refractivity contribution in [3.05, 3.63) is 22.4 Å². The third kappa shape index (κ3) is 2.81. The van der Waals surface area contributed by atoms with E-state index in [1.54, 1.807) is 26.3 Å². The molecule has 0 saturated heterocycles. The van der Waals surface area contributed by atoms with E-state index in [1.165, 1.54) is 0 Å². The molecule has 0 spiro atoms. The number of hydrogen-bond acceptors (Lipinski definition) is 3. The van der Waals surface area contributed by atoms with E-state index in [0.29, 0.717) is 12.2 Å². The standard InChI is InChI=1S/C9H10BrNO2/c1-6(12)3-9-8(10)4-7(13-2)5-11-9/h4-5H,3H2,1-2H3. The number of hydrogen-bond donors (Lipinski definition) is 0. The summed E-state index contributed by atoms with van der Waals surface area (Å²) in [6.45, 7) is 1.54. The molecule has 0 aliphatic heterocycles. The molecule has 0 aromatic carbocycles. The number of halogens is 1. The van der Waals surface area contributed by atoms with Crippen molar-refractivity contribution in [3.63, 3.8) is 0 Å². The maximum absolute atomic E-state index is 10.8. The highest BCUT2D eigenvalue weighted by Crippen LogP contribution is 2.20. The SMILES string of the molecule is COc1cnc(CC(C)=O)c(Br)c1. The maximum atomic E-state index is 10.8. The molecule has 0 amide bonds. The van der Waals surface area contributed by atoms with Crippen LogP contribution in [0.2, 0.25) is 0 Å². The van der Waals surface area contributed by atoms with E-state index in [1.807, 2.05) is 0 Å². The van der Waals surface area contributed by atoms with Crippen LogP contribution in [0.3, 0.4) is 0 Å². The van der Waals surface area contributed by atoms with Crippen LogP contribution in [-0.2, 0) is 11.2 Å². The van der Waals surface area contributed by atoms with Gasteiger partial charge in [0.2, 0.25) is 0 Å². The molecule has 0 radical (unpaired) electrons. The highest BCUT2D eigenvalue weighted by molar-refractivity contribution is 9.10. The number of ether oxygens (including phenoxy) is 1. The van der Waals surface area contributed by atoms with Gasteiger partial charge in [0.25, 0.3) is 0 Å². The molecule has 1 aromatic heterocycles. The first-order chi connectivity index (χ1) is 6.13. The van der Waals surface area contributed by atoms with Crippen LogP contribution in [0.4, 0.5) is 0 Å². The monoisotopic (exact) mass is 243 g/mol. The fraction of sp³-hybridized carbons (Fsp3) is 0.333. The fourth-order valence-corrected chi connectivity index (χ4v) is 1.39. The summed E-state index contributed by atoms with van der Waals surface area (Å²) < 4.78 is 5.79. The topological polar surface area (TPSA) is 39.2 Å². The minimum Gasteiger partial charge on any atom is -0.495 e. The van der Waals surface area contributed by atoms with Crippen molar-refractivity contribution < 1.29 is 9.53 Å². The minimum atomic E-state index is 0.0957. The number of methoxy groups -OCH3 is 1. The van der Waals surface area contributed by atoms with Crippen LogP contribution in [0.5, 0.6) is 5.75 Å². The van der Waals surface area contributed by atoms with Crippen molar-refractivity contribution in [3.8, 4) is 5.75 Å². The van der Waals surface area contributed by atoms with Gasteiger partial charge < -0.3 is 4.74 Å². The summed E-state index contributed by atoms with van der Waals surface area (Å²) in [5, 5.41) is 0. The van der Waals surface area contributed by atoms with Crippen molar-refractivity contribution in [1.82, 2.24) is 4.98 Å². The largest absolute Gasteiger partial charge is 0.495 e. The molecule has 0 aliphatic rings. The summed E-state index contributed by atoms with van der Waals surface area (Å²) in [6.07, 6.45) is 1.95. The van der Waals surface area contributed by atoms with Crippen molar-refractivity contribution in [2.75, 3.05) is 7.11 Å². The van der Waals surface area contributed by atoms with E-state index in [-0.39, 0.29) is 5.78 Å². The molecule has 0 aliphatic carbocycles. The third-order valence-corrected chi connectivity index (χ3v) is 2.23. The Balaban J connectivity index is 2.91. The number of pyridine rings is 1. The van der Waals surface area contributed by atoms with Gasteiger partial charge >= 0.3 is 0 Å². The second-order valence-electron chi connectivity index (χ2n) is 2.68.